The molecule has 3 N–H and O–H groups in total. The van der Waals surface area contributed by atoms with Crippen LogP contribution in [-0.2, 0) is 14.3 Å². The van der Waals surface area contributed by atoms with Gasteiger partial charge in [0.1, 0.15) is 5.82 Å². The minimum absolute atomic E-state index is 0.0602. The van der Waals surface area contributed by atoms with Crippen molar-refractivity contribution in [1.82, 2.24) is 0 Å². The number of ether oxygens (including phenoxy) is 2. The number of carbonyl (C=O) groups excluding carboxylic acids is 2. The van der Waals surface area contributed by atoms with Crippen LogP contribution in [0.15, 0.2) is 18.2 Å². The number of amides is 1. The van der Waals surface area contributed by atoms with Crippen LogP contribution in [0, 0.1) is 5.82 Å². The smallest absolute Gasteiger partial charge is 0.340 e. The Hall–Kier alpha value is -1.99. The maximum absolute atomic E-state index is 13.2. The summed E-state index contributed by atoms with van der Waals surface area (Å²) in [6, 6.07) is 2.69. The molecule has 1 atom stereocenters. The number of nitrogens with one attached hydrogen (secondary N) is 1. The number of carbonyl (C=O) groups is 2. The molecule has 0 aliphatic rings. The molecule has 21 heavy (non-hydrogen) atoms. The van der Waals surface area contributed by atoms with Crippen LogP contribution in [0.2, 0.25) is 0 Å². The first-order valence-electron chi connectivity index (χ1n) is 6.42. The zero-order chi connectivity index (χ0) is 15.8. The highest BCUT2D eigenvalue weighted by Gasteiger charge is 2.18. The van der Waals surface area contributed by atoms with Crippen LogP contribution in [0.3, 0.4) is 0 Å². The molecule has 116 valence electrons. The van der Waals surface area contributed by atoms with E-state index in [1.807, 2.05) is 0 Å². The van der Waals surface area contributed by atoms with Crippen molar-refractivity contribution in [3.05, 3.63) is 29.6 Å². The van der Waals surface area contributed by atoms with Gasteiger partial charge in [-0.25, -0.2) is 9.18 Å². The molecule has 0 spiro atoms. The number of esters is 1. The monoisotopic (exact) mass is 298 g/mol. The Balaban J connectivity index is 2.77. The average Bonchev–Trinajstić information content (AvgIpc) is 2.48. The van der Waals surface area contributed by atoms with Crippen LogP contribution in [0.5, 0.6) is 0 Å². The third kappa shape index (κ3) is 5.13. The number of hydrogen-bond donors (Lipinski definition) is 2. The van der Waals surface area contributed by atoms with Crippen molar-refractivity contribution in [3.63, 3.8) is 0 Å². The normalized spacial score (nSPS) is 11.8. The second-order valence-corrected chi connectivity index (χ2v) is 4.41. The summed E-state index contributed by atoms with van der Waals surface area (Å²) in [5.41, 5.74) is 5.84. The van der Waals surface area contributed by atoms with Gasteiger partial charge in [0.25, 0.3) is 0 Å². The largest absolute Gasteiger partial charge is 0.465 e. The fraction of sp³-hybridized carbons (Fsp3) is 0.429. The lowest BCUT2D eigenvalue weighted by atomic mass is 10.1. The standard InChI is InChI=1S/C14H19FN2O4/c1-20-7-3-4-11(16)13(18)17-12-6-5-9(15)8-10(12)14(19)21-2/h5-6,8,11H,3-4,7,16H2,1-2H3,(H,17,18). The maximum atomic E-state index is 13.2. The number of rotatable bonds is 7. The molecule has 0 fully saturated rings. The van der Waals surface area contributed by atoms with Gasteiger partial charge in [0.05, 0.1) is 24.4 Å². The van der Waals surface area contributed by atoms with Gasteiger partial charge in [0, 0.05) is 13.7 Å². The lowest BCUT2D eigenvalue weighted by molar-refractivity contribution is -0.117. The molecule has 1 rings (SSSR count). The predicted molar refractivity (Wildman–Crippen MR) is 75.5 cm³/mol. The third-order valence-electron chi connectivity index (χ3n) is 2.85. The Morgan fingerprint density at radius 3 is 2.71 bits per heavy atom. The molecular formula is C14H19FN2O4. The Morgan fingerprint density at radius 2 is 2.10 bits per heavy atom. The minimum Gasteiger partial charge on any atom is -0.465 e. The first kappa shape index (κ1) is 17.1. The molecule has 1 unspecified atom stereocenters. The van der Waals surface area contributed by atoms with Crippen LogP contribution in [0.1, 0.15) is 23.2 Å². The number of halogens is 1. The molecule has 0 aromatic heterocycles. The number of anilines is 1. The lowest BCUT2D eigenvalue weighted by Gasteiger charge is -2.14. The van der Waals surface area contributed by atoms with E-state index in [1.165, 1.54) is 13.2 Å². The Bertz CT molecular complexity index is 508. The summed E-state index contributed by atoms with van der Waals surface area (Å²) in [4.78, 5) is 23.5. The summed E-state index contributed by atoms with van der Waals surface area (Å²) < 4.78 is 22.6. The molecule has 0 bridgehead atoms. The summed E-state index contributed by atoms with van der Waals surface area (Å²) in [5, 5.41) is 2.51. The van der Waals surface area contributed by atoms with Gasteiger partial charge in [-0.1, -0.05) is 0 Å². The van der Waals surface area contributed by atoms with E-state index in [0.717, 1.165) is 12.1 Å². The highest BCUT2D eigenvalue weighted by atomic mass is 19.1. The van der Waals surface area contributed by atoms with Crippen molar-refractivity contribution in [2.45, 2.75) is 18.9 Å². The van der Waals surface area contributed by atoms with Crippen LogP contribution in [0.25, 0.3) is 0 Å². The van der Waals surface area contributed by atoms with E-state index in [9.17, 15) is 14.0 Å². The summed E-state index contributed by atoms with van der Waals surface area (Å²) in [6.07, 6.45) is 1.08. The predicted octanol–water partition coefficient (Wildman–Crippen LogP) is 1.30. The Kier molecular flexibility index (Phi) is 6.77. The Labute approximate surface area is 122 Å². The topological polar surface area (TPSA) is 90.6 Å². The van der Waals surface area contributed by atoms with Gasteiger partial charge in [-0.3, -0.25) is 4.79 Å². The van der Waals surface area contributed by atoms with Gasteiger partial charge < -0.3 is 20.5 Å². The number of nitrogens with two attached hydrogens (primary N) is 1. The highest BCUT2D eigenvalue weighted by molar-refractivity contribution is 6.02. The fourth-order valence-electron chi connectivity index (χ4n) is 1.71. The van der Waals surface area contributed by atoms with Crippen molar-refractivity contribution >= 4 is 17.6 Å². The molecular weight excluding hydrogens is 279 g/mol. The molecule has 1 amide bonds. The molecule has 0 saturated heterocycles. The third-order valence-corrected chi connectivity index (χ3v) is 2.85. The van der Waals surface area contributed by atoms with Crippen LogP contribution in [0.4, 0.5) is 10.1 Å². The minimum atomic E-state index is -0.740. The van der Waals surface area contributed by atoms with E-state index in [2.05, 4.69) is 10.1 Å². The summed E-state index contributed by atoms with van der Waals surface area (Å²) in [6.45, 7) is 0.505. The van der Waals surface area contributed by atoms with E-state index in [4.69, 9.17) is 10.5 Å². The SMILES string of the molecule is COCCCC(N)C(=O)Nc1ccc(F)cc1C(=O)OC. The summed E-state index contributed by atoms with van der Waals surface area (Å²) in [7, 11) is 2.74. The summed E-state index contributed by atoms with van der Waals surface area (Å²) in [5.74, 6) is -1.79. The number of methoxy groups -OCH3 is 2. The fourth-order valence-corrected chi connectivity index (χ4v) is 1.71. The van der Waals surface area contributed by atoms with Gasteiger partial charge in [0.15, 0.2) is 0 Å². The molecule has 1 aromatic rings. The quantitative estimate of drug-likeness (QED) is 0.585. The number of benzene rings is 1. The number of hydrogen-bond acceptors (Lipinski definition) is 5. The second kappa shape index (κ2) is 8.33. The van der Waals surface area contributed by atoms with Gasteiger partial charge in [-0.2, -0.15) is 0 Å². The molecule has 1 aromatic carbocycles. The van der Waals surface area contributed by atoms with E-state index in [1.54, 1.807) is 7.11 Å². The molecule has 6 nitrogen and oxygen atoms in total. The molecule has 0 saturated carbocycles. The van der Waals surface area contributed by atoms with Crippen molar-refractivity contribution < 1.29 is 23.5 Å². The van der Waals surface area contributed by atoms with Gasteiger partial charge >= 0.3 is 5.97 Å². The zero-order valence-corrected chi connectivity index (χ0v) is 12.0. The van der Waals surface area contributed by atoms with Gasteiger partial charge in [-0.15, -0.1) is 0 Å². The van der Waals surface area contributed by atoms with Crippen LogP contribution < -0.4 is 11.1 Å². The van der Waals surface area contributed by atoms with Gasteiger partial charge in [-0.05, 0) is 31.0 Å². The molecule has 0 aliphatic carbocycles. The first-order valence-corrected chi connectivity index (χ1v) is 6.42. The molecule has 0 aliphatic heterocycles. The van der Waals surface area contributed by atoms with Crippen LogP contribution in [-0.4, -0.2) is 38.7 Å². The molecule has 0 heterocycles. The highest BCUT2D eigenvalue weighted by Crippen LogP contribution is 2.18. The van der Waals surface area contributed by atoms with Crippen molar-refractivity contribution in [2.75, 3.05) is 26.1 Å². The Morgan fingerprint density at radius 1 is 1.38 bits per heavy atom. The van der Waals surface area contributed by atoms with E-state index < -0.39 is 23.7 Å². The van der Waals surface area contributed by atoms with Gasteiger partial charge in [0.2, 0.25) is 5.91 Å². The van der Waals surface area contributed by atoms with Crippen molar-refractivity contribution in [3.8, 4) is 0 Å². The van der Waals surface area contributed by atoms with E-state index in [-0.39, 0.29) is 11.3 Å². The van der Waals surface area contributed by atoms with Crippen LogP contribution >= 0.6 is 0 Å². The average molecular weight is 298 g/mol. The van der Waals surface area contributed by atoms with E-state index in [0.29, 0.717) is 19.4 Å². The summed E-state index contributed by atoms with van der Waals surface area (Å²) >= 11 is 0. The van der Waals surface area contributed by atoms with E-state index >= 15 is 0 Å². The zero-order valence-electron chi connectivity index (χ0n) is 12.0. The second-order valence-electron chi connectivity index (χ2n) is 4.41. The van der Waals surface area contributed by atoms with Crippen molar-refractivity contribution in [1.29, 1.82) is 0 Å². The lowest BCUT2D eigenvalue weighted by Crippen LogP contribution is -2.36. The molecule has 7 heteroatoms. The van der Waals surface area contributed by atoms with Crippen molar-refractivity contribution in [2.24, 2.45) is 5.73 Å². The maximum Gasteiger partial charge on any atom is 0.340 e. The first-order chi connectivity index (χ1) is 9.99. The molecule has 0 radical (unpaired) electrons.